The van der Waals surface area contributed by atoms with Gasteiger partial charge in [0.2, 0.25) is 11.9 Å². The zero-order chi connectivity index (χ0) is 13.9. The van der Waals surface area contributed by atoms with Gasteiger partial charge in [-0.1, -0.05) is 0 Å². The van der Waals surface area contributed by atoms with Crippen LogP contribution in [0.1, 0.15) is 10.6 Å². The second kappa shape index (κ2) is 5.17. The fourth-order valence-electron chi connectivity index (χ4n) is 1.53. The lowest BCUT2D eigenvalue weighted by Crippen LogP contribution is -2.11. The van der Waals surface area contributed by atoms with Crippen LogP contribution < -0.4 is 11.1 Å². The molecule has 0 aliphatic rings. The Bertz CT molecular complexity index is 705. The number of aryl methyl sites for hydroxylation is 1. The molecule has 3 rings (SSSR count). The average molecular weight is 289 g/mol. The molecule has 3 aromatic rings. The zero-order valence-corrected chi connectivity index (χ0v) is 11.4. The number of aromatic nitrogens is 7. The van der Waals surface area contributed by atoms with Crippen LogP contribution in [0.3, 0.4) is 0 Å². The fraction of sp³-hybridized carbons (Fsp3) is 0.200. The summed E-state index contributed by atoms with van der Waals surface area (Å²) >= 11 is 1.57. The lowest BCUT2D eigenvalue weighted by molar-refractivity contribution is 0.797. The van der Waals surface area contributed by atoms with Gasteiger partial charge in [-0.15, -0.1) is 11.3 Å². The van der Waals surface area contributed by atoms with Gasteiger partial charge in [-0.25, -0.2) is 9.97 Å². The Morgan fingerprint density at radius 3 is 2.95 bits per heavy atom. The molecule has 0 amide bonds. The Balaban J connectivity index is 1.81. The third-order valence-corrected chi connectivity index (χ3v) is 3.45. The summed E-state index contributed by atoms with van der Waals surface area (Å²) in [6, 6.07) is 0. The third kappa shape index (κ3) is 2.54. The first-order valence-electron chi connectivity index (χ1n) is 5.72. The Morgan fingerprint density at radius 1 is 1.35 bits per heavy atom. The minimum atomic E-state index is 0.119. The highest BCUT2D eigenvalue weighted by atomic mass is 32.1. The number of nitrogens with zero attached hydrogens (tertiary/aromatic N) is 7. The maximum Gasteiger partial charge on any atom is 0.258 e. The number of nitrogens with two attached hydrogens (primary N) is 1. The zero-order valence-electron chi connectivity index (χ0n) is 10.6. The van der Waals surface area contributed by atoms with Crippen LogP contribution in [-0.2, 0) is 6.54 Å². The molecule has 20 heavy (non-hydrogen) atoms. The maximum absolute atomic E-state index is 5.67. The Hall–Kier alpha value is -2.62. The molecular weight excluding hydrogens is 278 g/mol. The predicted octanol–water partition coefficient (Wildman–Crippen LogP) is 0.412. The summed E-state index contributed by atoms with van der Waals surface area (Å²) in [6.07, 6.45) is 2.89. The summed E-state index contributed by atoms with van der Waals surface area (Å²) in [5.74, 6) is 0.823. The van der Waals surface area contributed by atoms with Gasteiger partial charge in [0, 0.05) is 4.88 Å². The van der Waals surface area contributed by atoms with Gasteiger partial charge in [0.05, 0.1) is 17.7 Å². The summed E-state index contributed by atoms with van der Waals surface area (Å²) in [4.78, 5) is 21.4. The number of nitrogen functional groups attached to an aromatic ring is 1. The highest BCUT2D eigenvalue weighted by Gasteiger charge is 2.08. The molecule has 0 aromatic carbocycles. The van der Waals surface area contributed by atoms with E-state index in [2.05, 4.69) is 35.3 Å². The first-order chi connectivity index (χ1) is 9.72. The Labute approximate surface area is 118 Å². The molecule has 0 spiro atoms. The van der Waals surface area contributed by atoms with E-state index in [0.29, 0.717) is 18.4 Å². The van der Waals surface area contributed by atoms with Gasteiger partial charge in [-0.2, -0.15) is 24.7 Å². The molecule has 9 nitrogen and oxygen atoms in total. The van der Waals surface area contributed by atoms with Crippen LogP contribution in [0.15, 0.2) is 18.2 Å². The molecule has 0 aliphatic heterocycles. The molecule has 0 fully saturated rings. The van der Waals surface area contributed by atoms with Crippen molar-refractivity contribution in [2.45, 2.75) is 13.5 Å². The molecule has 3 aromatic heterocycles. The molecular formula is C10H11N9S. The van der Waals surface area contributed by atoms with Gasteiger partial charge in [-0.3, -0.25) is 0 Å². The lowest BCUT2D eigenvalue weighted by Gasteiger charge is -2.06. The lowest BCUT2D eigenvalue weighted by atomic mass is 10.4. The van der Waals surface area contributed by atoms with Crippen LogP contribution in [0.5, 0.6) is 0 Å². The average Bonchev–Trinajstić information content (AvgIpc) is 3.07. The number of rotatable bonds is 4. The van der Waals surface area contributed by atoms with Gasteiger partial charge in [0.15, 0.2) is 0 Å². The van der Waals surface area contributed by atoms with Gasteiger partial charge in [0.1, 0.15) is 12.7 Å². The molecule has 0 saturated heterocycles. The third-order valence-electron chi connectivity index (χ3n) is 2.52. The van der Waals surface area contributed by atoms with Crippen LogP contribution in [-0.4, -0.2) is 34.7 Å². The topological polar surface area (TPSA) is 120 Å². The van der Waals surface area contributed by atoms with Gasteiger partial charge < -0.3 is 11.1 Å². The van der Waals surface area contributed by atoms with Gasteiger partial charge in [0.25, 0.3) is 5.95 Å². The van der Waals surface area contributed by atoms with Crippen LogP contribution in [0.4, 0.5) is 11.9 Å². The van der Waals surface area contributed by atoms with E-state index in [9.17, 15) is 0 Å². The van der Waals surface area contributed by atoms with Gasteiger partial charge in [-0.05, 0) is 6.92 Å². The van der Waals surface area contributed by atoms with Crippen molar-refractivity contribution in [3.8, 4) is 5.95 Å². The van der Waals surface area contributed by atoms with E-state index in [-0.39, 0.29) is 5.95 Å². The van der Waals surface area contributed by atoms with Crippen molar-refractivity contribution >= 4 is 23.2 Å². The predicted molar refractivity (Wildman–Crippen MR) is 73.3 cm³/mol. The normalized spacial score (nSPS) is 10.7. The van der Waals surface area contributed by atoms with Crippen LogP contribution >= 0.6 is 11.3 Å². The molecule has 102 valence electrons. The van der Waals surface area contributed by atoms with E-state index < -0.39 is 0 Å². The van der Waals surface area contributed by atoms with Crippen LogP contribution in [0, 0.1) is 6.92 Å². The van der Waals surface area contributed by atoms with Crippen molar-refractivity contribution in [1.82, 2.24) is 34.7 Å². The van der Waals surface area contributed by atoms with Crippen molar-refractivity contribution in [3.63, 3.8) is 0 Å². The highest BCUT2D eigenvalue weighted by molar-refractivity contribution is 7.09. The first-order valence-corrected chi connectivity index (χ1v) is 6.60. The molecule has 0 unspecified atom stereocenters. The molecule has 0 atom stereocenters. The smallest absolute Gasteiger partial charge is 0.258 e. The Kier molecular flexibility index (Phi) is 3.21. The summed E-state index contributed by atoms with van der Waals surface area (Å²) in [7, 11) is 0. The monoisotopic (exact) mass is 289 g/mol. The number of hydrogen-bond donors (Lipinski definition) is 2. The van der Waals surface area contributed by atoms with E-state index in [1.54, 1.807) is 16.8 Å². The molecule has 0 aliphatic carbocycles. The van der Waals surface area contributed by atoms with Crippen molar-refractivity contribution < 1.29 is 0 Å². The minimum Gasteiger partial charge on any atom is -0.368 e. The fourth-order valence-corrected chi connectivity index (χ4v) is 2.25. The number of anilines is 2. The number of thiazole rings is 1. The van der Waals surface area contributed by atoms with Crippen molar-refractivity contribution in [3.05, 3.63) is 28.7 Å². The maximum atomic E-state index is 5.67. The molecule has 0 bridgehead atoms. The molecule has 3 heterocycles. The minimum absolute atomic E-state index is 0.119. The van der Waals surface area contributed by atoms with E-state index in [0.717, 1.165) is 10.6 Å². The Morgan fingerprint density at radius 2 is 2.25 bits per heavy atom. The van der Waals surface area contributed by atoms with Crippen molar-refractivity contribution in [1.29, 1.82) is 0 Å². The van der Waals surface area contributed by atoms with E-state index >= 15 is 0 Å². The standard InChI is InChI=1S/C10H11N9S/c1-6-7(20-5-14-6)2-13-9-16-8(11)17-10(18-9)19-4-12-3-15-19/h3-5H,2H2,1H3,(H3,11,13,16,17,18). The van der Waals surface area contributed by atoms with Crippen molar-refractivity contribution in [2.75, 3.05) is 11.1 Å². The van der Waals surface area contributed by atoms with Gasteiger partial charge >= 0.3 is 0 Å². The highest BCUT2D eigenvalue weighted by Crippen LogP contribution is 2.14. The van der Waals surface area contributed by atoms with E-state index in [1.807, 2.05) is 6.92 Å². The van der Waals surface area contributed by atoms with Crippen molar-refractivity contribution in [2.24, 2.45) is 0 Å². The quantitative estimate of drug-likeness (QED) is 0.708. The van der Waals surface area contributed by atoms with Crippen LogP contribution in [0.2, 0.25) is 0 Å². The first kappa shape index (κ1) is 12.4. The summed E-state index contributed by atoms with van der Waals surface area (Å²) in [5, 5.41) is 7.05. The number of hydrogen-bond acceptors (Lipinski definition) is 9. The number of nitrogens with one attached hydrogen (secondary N) is 1. The summed E-state index contributed by atoms with van der Waals surface area (Å²) < 4.78 is 1.42. The summed E-state index contributed by atoms with van der Waals surface area (Å²) in [5.41, 5.74) is 8.46. The molecule has 10 heteroatoms. The molecule has 0 saturated carbocycles. The second-order valence-corrected chi connectivity index (χ2v) is 4.81. The molecule has 3 N–H and O–H groups in total. The van der Waals surface area contributed by atoms with E-state index in [4.69, 9.17) is 5.73 Å². The second-order valence-electron chi connectivity index (χ2n) is 3.87. The SMILES string of the molecule is Cc1ncsc1CNc1nc(N)nc(-n2cncn2)n1. The largest absolute Gasteiger partial charge is 0.368 e. The molecule has 0 radical (unpaired) electrons. The van der Waals surface area contributed by atoms with Crippen LogP contribution in [0.25, 0.3) is 5.95 Å². The summed E-state index contributed by atoms with van der Waals surface area (Å²) in [6.45, 7) is 2.53. The van der Waals surface area contributed by atoms with E-state index in [1.165, 1.54) is 17.3 Å².